The van der Waals surface area contributed by atoms with Crippen molar-refractivity contribution in [3.8, 4) is 0 Å². The first-order valence-electron chi connectivity index (χ1n) is 12.0. The second-order valence-corrected chi connectivity index (χ2v) is 13.8. The van der Waals surface area contributed by atoms with Gasteiger partial charge < -0.3 is 9.64 Å². The third kappa shape index (κ3) is 6.31. The van der Waals surface area contributed by atoms with Gasteiger partial charge in [-0.3, -0.25) is 9.59 Å². The maximum atomic E-state index is 13.9. The predicted octanol–water partition coefficient (Wildman–Crippen LogP) is 5.97. The highest BCUT2D eigenvalue weighted by atomic mass is 35.5. The van der Waals surface area contributed by atoms with Crippen LogP contribution in [0.1, 0.15) is 70.7 Å². The molecule has 0 radical (unpaired) electrons. The zero-order valence-corrected chi connectivity index (χ0v) is 23.5. The Balaban J connectivity index is 2.17. The maximum Gasteiger partial charge on any atom is 0.253 e. The van der Waals surface area contributed by atoms with Gasteiger partial charge in [0.2, 0.25) is 0 Å². The number of carbonyl (C=O) groups excluding carboxylic acids is 2. The van der Waals surface area contributed by atoms with Crippen molar-refractivity contribution in [2.45, 2.75) is 76.5 Å². The van der Waals surface area contributed by atoms with Crippen LogP contribution in [0.4, 0.5) is 0 Å². The average molecular weight is 555 g/mol. The molecular formula is C27H33Cl2NO5S. The lowest BCUT2D eigenvalue weighted by Crippen LogP contribution is -2.56. The van der Waals surface area contributed by atoms with Crippen molar-refractivity contribution >= 4 is 44.7 Å². The van der Waals surface area contributed by atoms with Crippen LogP contribution in [-0.2, 0) is 24.2 Å². The molecule has 1 amide bonds. The molecule has 0 unspecified atom stereocenters. The maximum absolute atomic E-state index is 13.9. The van der Waals surface area contributed by atoms with Gasteiger partial charge in [0.1, 0.15) is 18.0 Å². The minimum atomic E-state index is -3.56. The molecule has 4 atom stereocenters. The molecule has 3 rings (SSSR count). The first kappa shape index (κ1) is 28.6. The molecule has 1 aliphatic rings. The Kier molecular flexibility index (Phi) is 8.92. The van der Waals surface area contributed by atoms with E-state index in [1.165, 1.54) is 0 Å². The second kappa shape index (κ2) is 11.2. The van der Waals surface area contributed by atoms with E-state index in [0.717, 1.165) is 11.1 Å². The summed E-state index contributed by atoms with van der Waals surface area (Å²) in [4.78, 5) is 27.8. The Morgan fingerprint density at radius 2 is 1.69 bits per heavy atom. The van der Waals surface area contributed by atoms with Gasteiger partial charge in [-0.05, 0) is 63.1 Å². The van der Waals surface area contributed by atoms with E-state index >= 15 is 0 Å². The monoisotopic (exact) mass is 553 g/mol. The van der Waals surface area contributed by atoms with Gasteiger partial charge in [-0.15, -0.1) is 0 Å². The average Bonchev–Trinajstić information content (AvgIpc) is 2.79. The minimum absolute atomic E-state index is 0.0883. The molecule has 2 aromatic carbocycles. The SMILES string of the molecule is CCC(=O)C[C@@H]1O[C@H](c2cccc(Cl)c2)[C@@H](c2ccc(Cl)cc2)N([C@@H](C)CS(=O)(=O)C(C)(C)C)C1=O. The fourth-order valence-electron chi connectivity index (χ4n) is 4.32. The number of carbonyl (C=O) groups is 2. The number of rotatable bonds is 8. The highest BCUT2D eigenvalue weighted by Gasteiger charge is 2.47. The Labute approximate surface area is 223 Å². The third-order valence-electron chi connectivity index (χ3n) is 6.49. The Morgan fingerprint density at radius 3 is 2.25 bits per heavy atom. The van der Waals surface area contributed by atoms with Crippen LogP contribution in [0.2, 0.25) is 10.0 Å². The molecule has 0 saturated carbocycles. The molecular weight excluding hydrogens is 521 g/mol. The fourth-order valence-corrected chi connectivity index (χ4v) is 5.94. The number of hydrogen-bond donors (Lipinski definition) is 0. The van der Waals surface area contributed by atoms with Crippen LogP contribution in [-0.4, -0.2) is 47.7 Å². The summed E-state index contributed by atoms with van der Waals surface area (Å²) >= 11 is 12.4. The molecule has 1 aliphatic heterocycles. The number of sulfone groups is 1. The molecule has 36 heavy (non-hydrogen) atoms. The second-order valence-electron chi connectivity index (χ2n) is 10.2. The van der Waals surface area contributed by atoms with Crippen LogP contribution in [0.25, 0.3) is 0 Å². The van der Waals surface area contributed by atoms with Crippen LogP contribution in [0.15, 0.2) is 48.5 Å². The van der Waals surface area contributed by atoms with E-state index in [-0.39, 0.29) is 24.4 Å². The number of Topliss-reactive ketones (excluding diaryl/α,β-unsaturated/α-hetero) is 1. The van der Waals surface area contributed by atoms with Gasteiger partial charge in [-0.1, -0.05) is 54.4 Å². The van der Waals surface area contributed by atoms with Crippen molar-refractivity contribution < 1.29 is 22.7 Å². The number of benzene rings is 2. The molecule has 0 N–H and O–H groups in total. The normalized spacial score (nSPS) is 21.9. The van der Waals surface area contributed by atoms with E-state index in [1.54, 1.807) is 82.0 Å². The highest BCUT2D eigenvalue weighted by Crippen LogP contribution is 2.44. The van der Waals surface area contributed by atoms with E-state index in [4.69, 9.17) is 27.9 Å². The van der Waals surface area contributed by atoms with Gasteiger partial charge in [-0.2, -0.15) is 0 Å². The molecule has 0 aromatic heterocycles. The van der Waals surface area contributed by atoms with Crippen molar-refractivity contribution in [1.82, 2.24) is 4.90 Å². The molecule has 0 spiro atoms. The molecule has 1 saturated heterocycles. The minimum Gasteiger partial charge on any atom is -0.357 e. The first-order chi connectivity index (χ1) is 16.7. The topological polar surface area (TPSA) is 80.8 Å². The molecule has 2 aromatic rings. The number of hydrogen-bond acceptors (Lipinski definition) is 5. The summed E-state index contributed by atoms with van der Waals surface area (Å²) in [5.74, 6) is -0.757. The predicted molar refractivity (Wildman–Crippen MR) is 143 cm³/mol. The largest absolute Gasteiger partial charge is 0.357 e. The zero-order chi connectivity index (χ0) is 26.8. The summed E-state index contributed by atoms with van der Waals surface area (Å²) in [6, 6.07) is 12.8. The summed E-state index contributed by atoms with van der Waals surface area (Å²) < 4.78 is 31.6. The molecule has 196 valence electrons. The van der Waals surface area contributed by atoms with E-state index in [2.05, 4.69) is 0 Å². The van der Waals surface area contributed by atoms with Crippen LogP contribution < -0.4 is 0 Å². The van der Waals surface area contributed by atoms with E-state index in [1.807, 2.05) is 6.07 Å². The smallest absolute Gasteiger partial charge is 0.253 e. The fraction of sp³-hybridized carbons (Fsp3) is 0.481. The van der Waals surface area contributed by atoms with Gasteiger partial charge in [0.15, 0.2) is 9.84 Å². The number of halogens is 2. The van der Waals surface area contributed by atoms with Crippen molar-refractivity contribution in [3.05, 3.63) is 69.7 Å². The number of amides is 1. The van der Waals surface area contributed by atoms with Crippen molar-refractivity contribution in [2.24, 2.45) is 0 Å². The zero-order valence-electron chi connectivity index (χ0n) is 21.2. The van der Waals surface area contributed by atoms with Crippen LogP contribution in [0.5, 0.6) is 0 Å². The number of morpholine rings is 1. The Bertz CT molecular complexity index is 1210. The molecule has 9 heteroatoms. The van der Waals surface area contributed by atoms with Crippen LogP contribution in [0, 0.1) is 0 Å². The first-order valence-corrected chi connectivity index (χ1v) is 14.4. The molecule has 0 aliphatic carbocycles. The third-order valence-corrected chi connectivity index (χ3v) is 9.77. The van der Waals surface area contributed by atoms with Gasteiger partial charge in [0, 0.05) is 28.9 Å². The van der Waals surface area contributed by atoms with E-state index in [9.17, 15) is 18.0 Å². The van der Waals surface area contributed by atoms with Gasteiger partial charge in [0.25, 0.3) is 5.91 Å². The summed E-state index contributed by atoms with van der Waals surface area (Å²) in [5, 5.41) is 1.03. The molecule has 1 heterocycles. The van der Waals surface area contributed by atoms with Gasteiger partial charge >= 0.3 is 0 Å². The summed E-state index contributed by atoms with van der Waals surface area (Å²) in [5.41, 5.74) is 1.46. The summed E-state index contributed by atoms with van der Waals surface area (Å²) in [6.45, 7) is 8.39. The van der Waals surface area contributed by atoms with Gasteiger partial charge in [-0.25, -0.2) is 8.42 Å². The quantitative estimate of drug-likeness (QED) is 0.402. The van der Waals surface area contributed by atoms with Crippen molar-refractivity contribution in [3.63, 3.8) is 0 Å². The lowest BCUT2D eigenvalue weighted by molar-refractivity contribution is -0.179. The van der Waals surface area contributed by atoms with Crippen molar-refractivity contribution in [1.29, 1.82) is 0 Å². The summed E-state index contributed by atoms with van der Waals surface area (Å²) in [6.07, 6.45) is -1.54. The number of nitrogens with zero attached hydrogens (tertiary/aromatic N) is 1. The van der Waals surface area contributed by atoms with Crippen LogP contribution >= 0.6 is 23.2 Å². The van der Waals surface area contributed by atoms with E-state index < -0.39 is 44.8 Å². The number of ether oxygens (including phenoxy) is 1. The number of ketones is 1. The van der Waals surface area contributed by atoms with Crippen molar-refractivity contribution in [2.75, 3.05) is 5.75 Å². The molecule has 1 fully saturated rings. The molecule has 0 bridgehead atoms. The Morgan fingerprint density at radius 1 is 1.06 bits per heavy atom. The lowest BCUT2D eigenvalue weighted by Gasteiger charge is -2.47. The summed E-state index contributed by atoms with van der Waals surface area (Å²) in [7, 11) is -3.56. The highest BCUT2D eigenvalue weighted by molar-refractivity contribution is 7.92. The van der Waals surface area contributed by atoms with E-state index in [0.29, 0.717) is 10.0 Å². The van der Waals surface area contributed by atoms with Crippen LogP contribution in [0.3, 0.4) is 0 Å². The van der Waals surface area contributed by atoms with Gasteiger partial charge in [0.05, 0.1) is 16.5 Å². The molecule has 6 nitrogen and oxygen atoms in total. The Hall–Kier alpha value is -1.93. The lowest BCUT2D eigenvalue weighted by atomic mass is 9.90. The standard InChI is InChI=1S/C27H33Cl2NO5S/c1-6-22(31)15-23-26(32)30(17(2)16-36(33,34)27(3,4)5)24(18-10-12-20(28)13-11-18)25(35-23)19-8-7-9-21(29)14-19/h7-14,17,23-25H,6,15-16H2,1-5H3/t17-,23-,24+,25+/m0/s1.